The first-order chi connectivity index (χ1) is 6.83. The lowest BCUT2D eigenvalue weighted by molar-refractivity contribution is 0.415. The van der Waals surface area contributed by atoms with E-state index in [9.17, 15) is 0 Å². The maximum Gasteiger partial charge on any atom is 0.119 e. The van der Waals surface area contributed by atoms with Crippen molar-refractivity contribution >= 4 is 26.8 Å². The maximum absolute atomic E-state index is 5.16. The zero-order chi connectivity index (χ0) is 9.97. The highest BCUT2D eigenvalue weighted by molar-refractivity contribution is 9.08. The number of nitrogens with zero attached hydrogens (tertiary/aromatic N) is 1. The Labute approximate surface area is 91.0 Å². The number of benzene rings is 1. The largest absolute Gasteiger partial charge is 0.497 e. The smallest absolute Gasteiger partial charge is 0.119 e. The highest BCUT2D eigenvalue weighted by atomic mass is 79.9. The number of hydrogen-bond donors (Lipinski definition) is 0. The van der Waals surface area contributed by atoms with E-state index in [4.69, 9.17) is 4.74 Å². The van der Waals surface area contributed by atoms with E-state index >= 15 is 0 Å². The van der Waals surface area contributed by atoms with Crippen LogP contribution in [-0.4, -0.2) is 12.1 Å². The van der Waals surface area contributed by atoms with Crippen molar-refractivity contribution in [2.75, 3.05) is 7.11 Å². The molecule has 0 bridgehead atoms. The van der Waals surface area contributed by atoms with Gasteiger partial charge in [0.1, 0.15) is 5.75 Å². The molecular formula is C11H10BrNO. The lowest BCUT2D eigenvalue weighted by atomic mass is 10.2. The molecule has 0 amide bonds. The van der Waals surface area contributed by atoms with Gasteiger partial charge in [-0.2, -0.15) is 0 Å². The lowest BCUT2D eigenvalue weighted by Crippen LogP contribution is -1.86. The van der Waals surface area contributed by atoms with Crippen molar-refractivity contribution in [2.24, 2.45) is 0 Å². The first kappa shape index (κ1) is 9.46. The van der Waals surface area contributed by atoms with Gasteiger partial charge in [-0.05, 0) is 29.8 Å². The van der Waals surface area contributed by atoms with E-state index in [-0.39, 0.29) is 0 Å². The van der Waals surface area contributed by atoms with Gasteiger partial charge in [-0.25, -0.2) is 0 Å². The molecule has 0 aliphatic rings. The molecule has 72 valence electrons. The van der Waals surface area contributed by atoms with Crippen LogP contribution in [0.1, 0.15) is 5.56 Å². The molecule has 0 spiro atoms. The van der Waals surface area contributed by atoms with Gasteiger partial charge in [0, 0.05) is 16.9 Å². The summed E-state index contributed by atoms with van der Waals surface area (Å²) in [5.74, 6) is 0.867. The second-order valence-electron chi connectivity index (χ2n) is 3.04. The van der Waals surface area contributed by atoms with Crippen LogP contribution in [0.3, 0.4) is 0 Å². The van der Waals surface area contributed by atoms with Crippen LogP contribution in [0.15, 0.2) is 30.5 Å². The average molecular weight is 252 g/mol. The third-order valence-corrected chi connectivity index (χ3v) is 2.75. The Bertz CT molecular complexity index is 417. The summed E-state index contributed by atoms with van der Waals surface area (Å²) < 4.78 is 5.16. The molecule has 0 unspecified atom stereocenters. The summed E-state index contributed by atoms with van der Waals surface area (Å²) in [6.45, 7) is 0. The number of fused-ring (bicyclic) bond motifs is 1. The molecule has 0 aliphatic carbocycles. The van der Waals surface area contributed by atoms with Crippen LogP contribution in [0.4, 0.5) is 0 Å². The van der Waals surface area contributed by atoms with Crippen molar-refractivity contribution < 1.29 is 4.74 Å². The summed E-state index contributed by atoms with van der Waals surface area (Å²) in [4.78, 5) is 4.34. The van der Waals surface area contributed by atoms with Gasteiger partial charge in [0.05, 0.1) is 12.6 Å². The Balaban J connectivity index is 2.60. The molecule has 0 saturated heterocycles. The van der Waals surface area contributed by atoms with Crippen LogP contribution >= 0.6 is 15.9 Å². The lowest BCUT2D eigenvalue weighted by Gasteiger charge is -2.02. The summed E-state index contributed by atoms with van der Waals surface area (Å²) in [5.41, 5.74) is 2.17. The second kappa shape index (κ2) is 3.96. The molecule has 2 nitrogen and oxygen atoms in total. The Kier molecular flexibility index (Phi) is 2.68. The fraction of sp³-hybridized carbons (Fsp3) is 0.182. The summed E-state index contributed by atoms with van der Waals surface area (Å²) in [6, 6.07) is 7.99. The van der Waals surface area contributed by atoms with Gasteiger partial charge in [-0.15, -0.1) is 0 Å². The van der Waals surface area contributed by atoms with Gasteiger partial charge in [0.25, 0.3) is 0 Å². The predicted octanol–water partition coefficient (Wildman–Crippen LogP) is 3.14. The van der Waals surface area contributed by atoms with Crippen molar-refractivity contribution in [3.05, 3.63) is 36.0 Å². The molecule has 1 heterocycles. The van der Waals surface area contributed by atoms with Gasteiger partial charge in [-0.1, -0.05) is 15.9 Å². The first-order valence-corrected chi connectivity index (χ1v) is 5.44. The van der Waals surface area contributed by atoms with Gasteiger partial charge >= 0.3 is 0 Å². The minimum Gasteiger partial charge on any atom is -0.497 e. The number of pyridine rings is 1. The molecule has 0 aliphatic heterocycles. The summed E-state index contributed by atoms with van der Waals surface area (Å²) >= 11 is 3.41. The minimum atomic E-state index is 0.827. The molecular weight excluding hydrogens is 242 g/mol. The number of halogens is 1. The minimum absolute atomic E-state index is 0.827. The van der Waals surface area contributed by atoms with Crippen molar-refractivity contribution in [1.29, 1.82) is 0 Å². The monoisotopic (exact) mass is 251 g/mol. The number of aromatic nitrogens is 1. The number of methoxy groups -OCH3 is 1. The summed E-state index contributed by atoms with van der Waals surface area (Å²) in [5, 5.41) is 1.94. The molecule has 0 fully saturated rings. The van der Waals surface area contributed by atoms with E-state index in [2.05, 4.69) is 27.0 Å². The van der Waals surface area contributed by atoms with E-state index < -0.39 is 0 Å². The van der Waals surface area contributed by atoms with Crippen LogP contribution in [0.25, 0.3) is 10.9 Å². The van der Waals surface area contributed by atoms with Gasteiger partial charge < -0.3 is 4.74 Å². The summed E-state index contributed by atoms with van der Waals surface area (Å²) in [6.07, 6.45) is 1.88. The fourth-order valence-corrected chi connectivity index (χ4v) is 1.66. The average Bonchev–Trinajstić information content (AvgIpc) is 2.27. The van der Waals surface area contributed by atoms with E-state index in [0.717, 1.165) is 22.0 Å². The number of hydrogen-bond acceptors (Lipinski definition) is 2. The van der Waals surface area contributed by atoms with Gasteiger partial charge in [0.15, 0.2) is 0 Å². The molecule has 0 atom stereocenters. The van der Waals surface area contributed by atoms with E-state index in [1.165, 1.54) is 5.56 Å². The quantitative estimate of drug-likeness (QED) is 0.766. The molecule has 14 heavy (non-hydrogen) atoms. The van der Waals surface area contributed by atoms with Crippen molar-refractivity contribution in [1.82, 2.24) is 4.98 Å². The van der Waals surface area contributed by atoms with Crippen LogP contribution in [0, 0.1) is 0 Å². The Morgan fingerprint density at radius 1 is 1.36 bits per heavy atom. The first-order valence-electron chi connectivity index (χ1n) is 4.32. The molecule has 0 saturated carbocycles. The van der Waals surface area contributed by atoms with Crippen molar-refractivity contribution in [3.8, 4) is 5.75 Å². The van der Waals surface area contributed by atoms with Crippen LogP contribution in [0.5, 0.6) is 5.75 Å². The van der Waals surface area contributed by atoms with Gasteiger partial charge in [-0.3, -0.25) is 4.98 Å². The molecule has 0 N–H and O–H groups in total. The molecule has 3 heteroatoms. The SMILES string of the molecule is COc1ccc2ncc(CBr)cc2c1. The zero-order valence-electron chi connectivity index (χ0n) is 7.83. The highest BCUT2D eigenvalue weighted by Crippen LogP contribution is 2.20. The molecule has 2 rings (SSSR count). The number of rotatable bonds is 2. The third kappa shape index (κ3) is 1.73. The molecule has 1 aromatic carbocycles. The molecule has 1 aromatic heterocycles. The van der Waals surface area contributed by atoms with E-state index in [1.54, 1.807) is 7.11 Å². The maximum atomic E-state index is 5.16. The standard InChI is InChI=1S/C11H10BrNO/c1-14-10-2-3-11-9(5-10)4-8(6-12)7-13-11/h2-5,7H,6H2,1H3. The van der Waals surface area contributed by atoms with Crippen LogP contribution < -0.4 is 4.74 Å². The number of alkyl halides is 1. The normalized spacial score (nSPS) is 10.4. The van der Waals surface area contributed by atoms with Crippen LogP contribution in [-0.2, 0) is 5.33 Å². The Hall–Kier alpha value is -1.09. The van der Waals surface area contributed by atoms with Crippen molar-refractivity contribution in [2.45, 2.75) is 5.33 Å². The molecule has 0 radical (unpaired) electrons. The summed E-state index contributed by atoms with van der Waals surface area (Å²) in [7, 11) is 1.67. The molecule has 2 aromatic rings. The topological polar surface area (TPSA) is 22.1 Å². The number of ether oxygens (including phenoxy) is 1. The zero-order valence-corrected chi connectivity index (χ0v) is 9.41. The van der Waals surface area contributed by atoms with Crippen LogP contribution in [0.2, 0.25) is 0 Å². The second-order valence-corrected chi connectivity index (χ2v) is 3.60. The van der Waals surface area contributed by atoms with E-state index in [1.807, 2.05) is 24.4 Å². The highest BCUT2D eigenvalue weighted by Gasteiger charge is 1.98. The Morgan fingerprint density at radius 2 is 2.21 bits per heavy atom. The Morgan fingerprint density at radius 3 is 2.93 bits per heavy atom. The predicted molar refractivity (Wildman–Crippen MR) is 60.9 cm³/mol. The van der Waals surface area contributed by atoms with Gasteiger partial charge in [0.2, 0.25) is 0 Å². The third-order valence-electron chi connectivity index (χ3n) is 2.10. The van der Waals surface area contributed by atoms with E-state index in [0.29, 0.717) is 0 Å². The fourth-order valence-electron chi connectivity index (χ4n) is 1.36. The van der Waals surface area contributed by atoms with Crippen molar-refractivity contribution in [3.63, 3.8) is 0 Å².